The largest absolute Gasteiger partial charge is 0.478 e. The second kappa shape index (κ2) is 6.67. The quantitative estimate of drug-likeness (QED) is 0.829. The monoisotopic (exact) mass is 295 g/mol. The summed E-state index contributed by atoms with van der Waals surface area (Å²) in [7, 11) is 0. The first-order valence-corrected chi connectivity index (χ1v) is 7.38. The van der Waals surface area contributed by atoms with Crippen LogP contribution < -0.4 is 0 Å². The lowest BCUT2D eigenvalue weighted by Crippen LogP contribution is -2.40. The number of hydrogen-bond acceptors (Lipinski definition) is 4. The molecule has 2 rings (SSSR count). The van der Waals surface area contributed by atoms with Gasteiger partial charge in [0.05, 0.1) is 5.56 Å². The molecule has 5 nitrogen and oxygen atoms in total. The Hall–Kier alpha value is -1.66. The third-order valence-electron chi connectivity index (χ3n) is 3.32. The molecule has 20 heavy (non-hydrogen) atoms. The molecule has 2 N–H and O–H groups in total. The summed E-state index contributed by atoms with van der Waals surface area (Å²) in [6, 6.07) is 1.70. The summed E-state index contributed by atoms with van der Waals surface area (Å²) in [6.07, 6.45) is 4.41. The highest BCUT2D eigenvalue weighted by molar-refractivity contribution is 7.11. The van der Waals surface area contributed by atoms with E-state index in [4.69, 9.17) is 5.11 Å². The van der Waals surface area contributed by atoms with Crippen LogP contribution in [-0.2, 0) is 4.79 Å². The molecular weight excluding hydrogens is 278 g/mol. The Kier molecular flexibility index (Phi) is 4.92. The van der Waals surface area contributed by atoms with Gasteiger partial charge in [0, 0.05) is 36.0 Å². The zero-order valence-electron chi connectivity index (χ0n) is 11.0. The van der Waals surface area contributed by atoms with Crippen LogP contribution >= 0.6 is 11.3 Å². The number of likely N-dealkylation sites (tertiary alicyclic amines) is 1. The first-order valence-electron chi connectivity index (χ1n) is 6.50. The second-order valence-corrected chi connectivity index (χ2v) is 5.79. The van der Waals surface area contributed by atoms with Crippen molar-refractivity contribution in [2.75, 3.05) is 19.7 Å². The summed E-state index contributed by atoms with van der Waals surface area (Å²) in [5.41, 5.74) is 0.582. The second-order valence-electron chi connectivity index (χ2n) is 4.85. The highest BCUT2D eigenvalue weighted by atomic mass is 32.1. The van der Waals surface area contributed by atoms with E-state index < -0.39 is 5.97 Å². The van der Waals surface area contributed by atoms with Crippen molar-refractivity contribution in [2.24, 2.45) is 5.92 Å². The van der Waals surface area contributed by atoms with E-state index in [0.717, 1.165) is 23.8 Å². The number of carbonyl (C=O) groups excluding carboxylic acids is 1. The Balaban J connectivity index is 2.04. The number of aliphatic hydroxyl groups is 1. The zero-order valence-corrected chi connectivity index (χ0v) is 11.8. The lowest BCUT2D eigenvalue weighted by atomic mass is 9.98. The first kappa shape index (κ1) is 14.7. The van der Waals surface area contributed by atoms with Crippen LogP contribution in [0.25, 0.3) is 6.08 Å². The summed E-state index contributed by atoms with van der Waals surface area (Å²) in [6.45, 7) is 1.41. The van der Waals surface area contributed by atoms with Crippen molar-refractivity contribution in [3.8, 4) is 0 Å². The molecule has 6 heteroatoms. The van der Waals surface area contributed by atoms with E-state index in [1.165, 1.54) is 17.4 Å². The van der Waals surface area contributed by atoms with Gasteiger partial charge < -0.3 is 15.1 Å². The van der Waals surface area contributed by atoms with Crippen LogP contribution in [0.3, 0.4) is 0 Å². The molecule has 1 unspecified atom stereocenters. The van der Waals surface area contributed by atoms with Crippen LogP contribution in [0.5, 0.6) is 0 Å². The van der Waals surface area contributed by atoms with Gasteiger partial charge in [0.1, 0.15) is 0 Å². The Morgan fingerprint density at radius 3 is 3.00 bits per heavy atom. The van der Waals surface area contributed by atoms with E-state index in [1.54, 1.807) is 16.3 Å². The van der Waals surface area contributed by atoms with E-state index in [9.17, 15) is 14.7 Å². The summed E-state index contributed by atoms with van der Waals surface area (Å²) in [5, 5.41) is 19.5. The number of aliphatic hydroxyl groups excluding tert-OH is 1. The number of carboxylic acid groups (broad SMARTS) is 1. The normalized spacial score (nSPS) is 19.4. The molecule has 1 aliphatic rings. The van der Waals surface area contributed by atoms with Crippen molar-refractivity contribution in [1.29, 1.82) is 0 Å². The van der Waals surface area contributed by atoms with Crippen molar-refractivity contribution < 1.29 is 19.8 Å². The van der Waals surface area contributed by atoms with E-state index in [-0.39, 0.29) is 18.4 Å². The van der Waals surface area contributed by atoms with Gasteiger partial charge in [-0.3, -0.25) is 4.79 Å². The molecule has 1 amide bonds. The fraction of sp³-hybridized carbons (Fsp3) is 0.429. The minimum atomic E-state index is -1.01. The number of aliphatic carboxylic acids is 1. The molecule has 0 radical (unpaired) electrons. The summed E-state index contributed by atoms with van der Waals surface area (Å²) >= 11 is 1.34. The minimum absolute atomic E-state index is 0.0469. The van der Waals surface area contributed by atoms with E-state index in [2.05, 4.69) is 0 Å². The van der Waals surface area contributed by atoms with Crippen molar-refractivity contribution in [1.82, 2.24) is 4.90 Å². The maximum atomic E-state index is 12.3. The highest BCUT2D eigenvalue weighted by Crippen LogP contribution is 2.21. The van der Waals surface area contributed by atoms with Gasteiger partial charge >= 0.3 is 5.97 Å². The molecule has 108 valence electrons. The number of nitrogens with zero attached hydrogens (tertiary/aromatic N) is 1. The van der Waals surface area contributed by atoms with Crippen LogP contribution in [0, 0.1) is 5.92 Å². The van der Waals surface area contributed by atoms with Crippen LogP contribution in [0.4, 0.5) is 0 Å². The van der Waals surface area contributed by atoms with Gasteiger partial charge in [0.15, 0.2) is 0 Å². The number of amides is 1. The Bertz CT molecular complexity index is 523. The lowest BCUT2D eigenvalue weighted by molar-refractivity contribution is -0.131. The number of thiophene rings is 1. The molecule has 0 saturated carbocycles. The van der Waals surface area contributed by atoms with Crippen molar-refractivity contribution >= 4 is 29.3 Å². The van der Waals surface area contributed by atoms with Crippen LogP contribution in [-0.4, -0.2) is 46.7 Å². The average Bonchev–Trinajstić information content (AvgIpc) is 2.93. The standard InChI is InChI=1S/C14H17NO4S/c16-8-10-2-1-5-15(7-10)14(19)11-6-12(20-9-11)3-4-13(17)18/h3-4,6,9-10,16H,1-2,5,7-8H2,(H,17,18). The third-order valence-corrected chi connectivity index (χ3v) is 4.22. The van der Waals surface area contributed by atoms with Gasteiger partial charge in [-0.15, -0.1) is 11.3 Å². The molecular formula is C14H17NO4S. The molecule has 1 aromatic rings. The maximum Gasteiger partial charge on any atom is 0.328 e. The number of rotatable bonds is 4. The first-order chi connectivity index (χ1) is 9.60. The summed E-state index contributed by atoms with van der Waals surface area (Å²) < 4.78 is 0. The Morgan fingerprint density at radius 2 is 2.30 bits per heavy atom. The van der Waals surface area contributed by atoms with Crippen LogP contribution in [0.2, 0.25) is 0 Å². The fourth-order valence-corrected chi connectivity index (χ4v) is 3.06. The predicted octanol–water partition coefficient (Wildman–Crippen LogP) is 1.69. The molecule has 1 fully saturated rings. The topological polar surface area (TPSA) is 77.8 Å². The van der Waals surface area contributed by atoms with Gasteiger partial charge in [-0.05, 0) is 30.9 Å². The van der Waals surface area contributed by atoms with Crippen molar-refractivity contribution in [2.45, 2.75) is 12.8 Å². The van der Waals surface area contributed by atoms with Crippen LogP contribution in [0.1, 0.15) is 28.1 Å². The smallest absolute Gasteiger partial charge is 0.328 e. The van der Waals surface area contributed by atoms with Crippen molar-refractivity contribution in [3.05, 3.63) is 28.0 Å². The average molecular weight is 295 g/mol. The molecule has 2 heterocycles. The fourth-order valence-electron chi connectivity index (χ4n) is 2.29. The maximum absolute atomic E-state index is 12.3. The van der Waals surface area contributed by atoms with E-state index in [0.29, 0.717) is 18.7 Å². The van der Waals surface area contributed by atoms with Crippen molar-refractivity contribution in [3.63, 3.8) is 0 Å². The third kappa shape index (κ3) is 3.68. The lowest BCUT2D eigenvalue weighted by Gasteiger charge is -2.31. The molecule has 1 saturated heterocycles. The molecule has 0 aliphatic carbocycles. The van der Waals surface area contributed by atoms with E-state index in [1.807, 2.05) is 0 Å². The van der Waals surface area contributed by atoms with Gasteiger partial charge in [0.2, 0.25) is 0 Å². The van der Waals surface area contributed by atoms with Gasteiger partial charge in [0.25, 0.3) is 5.91 Å². The minimum Gasteiger partial charge on any atom is -0.478 e. The molecule has 0 aromatic carbocycles. The Morgan fingerprint density at radius 1 is 1.50 bits per heavy atom. The summed E-state index contributed by atoms with van der Waals surface area (Å²) in [5.74, 6) is -0.889. The number of carboxylic acids is 1. The van der Waals surface area contributed by atoms with Gasteiger partial charge in [-0.2, -0.15) is 0 Å². The number of carbonyl (C=O) groups is 2. The van der Waals surface area contributed by atoms with E-state index >= 15 is 0 Å². The SMILES string of the molecule is O=C(O)C=Cc1cc(C(=O)N2CCCC(CO)C2)cs1. The zero-order chi connectivity index (χ0) is 14.5. The highest BCUT2D eigenvalue weighted by Gasteiger charge is 2.24. The van der Waals surface area contributed by atoms with Gasteiger partial charge in [-0.1, -0.05) is 0 Å². The summed E-state index contributed by atoms with van der Waals surface area (Å²) in [4.78, 5) is 25.3. The molecule has 0 spiro atoms. The number of hydrogen-bond donors (Lipinski definition) is 2. The van der Waals surface area contributed by atoms with Crippen LogP contribution in [0.15, 0.2) is 17.5 Å². The Labute approximate surface area is 121 Å². The molecule has 1 atom stereocenters. The predicted molar refractivity (Wildman–Crippen MR) is 76.7 cm³/mol. The molecule has 0 bridgehead atoms. The molecule has 1 aliphatic heterocycles. The van der Waals surface area contributed by atoms with Gasteiger partial charge in [-0.25, -0.2) is 4.79 Å². The molecule has 1 aromatic heterocycles. The number of piperidine rings is 1.